The van der Waals surface area contributed by atoms with Gasteiger partial charge in [0.2, 0.25) is 0 Å². The number of aliphatic hydroxyl groups excluding tert-OH is 1. The number of phosphoric ester groups is 2. The largest absolute Gasteiger partial charge is 0.472 e. The summed E-state index contributed by atoms with van der Waals surface area (Å²) in [7, 11) is -9.91. The van der Waals surface area contributed by atoms with Crippen LogP contribution in [0.2, 0.25) is 0 Å². The maximum Gasteiger partial charge on any atom is 0.472 e. The first-order valence-electron chi connectivity index (χ1n) is 40.0. The van der Waals surface area contributed by atoms with Crippen molar-refractivity contribution in [1.29, 1.82) is 0 Å². The van der Waals surface area contributed by atoms with Gasteiger partial charge in [-0.3, -0.25) is 37.3 Å². The molecule has 0 rings (SSSR count). The number of carbonyl (C=O) groups excluding carboxylic acids is 4. The Labute approximate surface area is 588 Å². The van der Waals surface area contributed by atoms with Gasteiger partial charge in [-0.2, -0.15) is 0 Å². The summed E-state index contributed by atoms with van der Waals surface area (Å²) in [6, 6.07) is 0. The van der Waals surface area contributed by atoms with Crippen LogP contribution >= 0.6 is 15.6 Å². The van der Waals surface area contributed by atoms with Gasteiger partial charge in [0.05, 0.1) is 26.4 Å². The number of phosphoric acid groups is 2. The number of esters is 4. The lowest BCUT2D eigenvalue weighted by Crippen LogP contribution is -2.30. The predicted molar refractivity (Wildman–Crippen MR) is 391 cm³/mol. The zero-order valence-electron chi connectivity index (χ0n) is 62.7. The molecule has 0 aliphatic carbocycles. The molecular formula is C77H150O17P2. The summed E-state index contributed by atoms with van der Waals surface area (Å²) < 4.78 is 68.5. The topological polar surface area (TPSA) is 237 Å². The highest BCUT2D eigenvalue weighted by atomic mass is 31.2. The van der Waals surface area contributed by atoms with E-state index < -0.39 is 97.5 Å². The average Bonchev–Trinajstić information content (AvgIpc) is 1.79. The van der Waals surface area contributed by atoms with E-state index in [1.54, 1.807) is 0 Å². The molecule has 0 spiro atoms. The standard InChI is InChI=1S/C77H150O17P2/c1-7-9-11-13-15-17-19-21-22-23-24-25-30-34-38-42-50-56-62-77(82)93-72(65-87-74(79)59-53-47-40-36-33-29-27-26-28-31-35-39-45-51-57-69(3)4)67-91-95(83,84)89-63-71(78)64-90-96(85,86)92-68-73(66-88-75(80)60-54-48-44-43-46-52-58-70(5)6)94-76(81)61-55-49-41-37-32-20-18-16-14-12-10-8-2/h69-73,78H,7-68H2,1-6H3,(H,83,84)(H,85,86)/t71-,72-,73-/m1/s1. The highest BCUT2D eigenvalue weighted by Crippen LogP contribution is 2.45. The number of ether oxygens (including phenoxy) is 4. The molecule has 0 amide bonds. The zero-order chi connectivity index (χ0) is 70.7. The Kier molecular flexibility index (Phi) is 67.4. The first kappa shape index (κ1) is 94.1. The fraction of sp³-hybridized carbons (Fsp3) is 0.948. The molecule has 0 bridgehead atoms. The molecule has 0 aliphatic rings. The van der Waals surface area contributed by atoms with Gasteiger partial charge in [0.25, 0.3) is 0 Å². The predicted octanol–water partition coefficient (Wildman–Crippen LogP) is 22.7. The fourth-order valence-electron chi connectivity index (χ4n) is 11.8. The number of unbranched alkanes of at least 4 members (excludes halogenated alkanes) is 46. The van der Waals surface area contributed by atoms with Crippen molar-refractivity contribution in [2.24, 2.45) is 11.8 Å². The smallest absolute Gasteiger partial charge is 0.462 e. The second-order valence-corrected chi connectivity index (χ2v) is 31.6. The van der Waals surface area contributed by atoms with Crippen molar-refractivity contribution in [3.63, 3.8) is 0 Å². The molecule has 0 saturated heterocycles. The third-order valence-electron chi connectivity index (χ3n) is 18.0. The van der Waals surface area contributed by atoms with Gasteiger partial charge >= 0.3 is 39.5 Å². The Bertz CT molecular complexity index is 1860. The van der Waals surface area contributed by atoms with Gasteiger partial charge in [0.1, 0.15) is 19.3 Å². The Hall–Kier alpha value is -1.94. The van der Waals surface area contributed by atoms with E-state index in [2.05, 4.69) is 41.5 Å². The average molecular weight is 1410 g/mol. The number of hydrogen-bond donors (Lipinski definition) is 3. The Morgan fingerprint density at radius 2 is 0.479 bits per heavy atom. The third-order valence-corrected chi connectivity index (χ3v) is 19.9. The van der Waals surface area contributed by atoms with Crippen LogP contribution in [0.1, 0.15) is 401 Å². The van der Waals surface area contributed by atoms with E-state index >= 15 is 0 Å². The molecule has 0 aromatic carbocycles. The Morgan fingerprint density at radius 1 is 0.281 bits per heavy atom. The first-order chi connectivity index (χ1) is 46.4. The van der Waals surface area contributed by atoms with Crippen molar-refractivity contribution in [2.75, 3.05) is 39.6 Å². The van der Waals surface area contributed by atoms with E-state index in [0.717, 1.165) is 102 Å². The summed E-state index contributed by atoms with van der Waals surface area (Å²) in [5.74, 6) is -0.636. The van der Waals surface area contributed by atoms with Crippen LogP contribution in [0.5, 0.6) is 0 Å². The van der Waals surface area contributed by atoms with Crippen LogP contribution < -0.4 is 0 Å². The molecule has 0 heterocycles. The number of hydrogen-bond acceptors (Lipinski definition) is 15. The molecule has 5 atom stereocenters. The summed E-state index contributed by atoms with van der Waals surface area (Å²) in [6.45, 7) is 9.55. The lowest BCUT2D eigenvalue weighted by atomic mass is 10.0. The van der Waals surface area contributed by atoms with E-state index in [0.29, 0.717) is 31.6 Å². The van der Waals surface area contributed by atoms with Gasteiger partial charge in [0, 0.05) is 25.7 Å². The van der Waals surface area contributed by atoms with E-state index in [-0.39, 0.29) is 25.7 Å². The van der Waals surface area contributed by atoms with E-state index in [9.17, 15) is 43.2 Å². The van der Waals surface area contributed by atoms with Crippen molar-refractivity contribution in [3.8, 4) is 0 Å². The van der Waals surface area contributed by atoms with Crippen LogP contribution in [0.25, 0.3) is 0 Å². The minimum Gasteiger partial charge on any atom is -0.462 e. The van der Waals surface area contributed by atoms with Crippen molar-refractivity contribution < 1.29 is 80.2 Å². The van der Waals surface area contributed by atoms with E-state index in [1.165, 1.54) is 212 Å². The van der Waals surface area contributed by atoms with Gasteiger partial charge in [0.15, 0.2) is 12.2 Å². The molecule has 0 fully saturated rings. The second kappa shape index (κ2) is 68.8. The number of rotatable bonds is 76. The van der Waals surface area contributed by atoms with Gasteiger partial charge in [-0.15, -0.1) is 0 Å². The maximum absolute atomic E-state index is 13.1. The first-order valence-corrected chi connectivity index (χ1v) is 43.0. The second-order valence-electron chi connectivity index (χ2n) is 28.7. The van der Waals surface area contributed by atoms with Gasteiger partial charge < -0.3 is 33.8 Å². The highest BCUT2D eigenvalue weighted by molar-refractivity contribution is 7.47. The van der Waals surface area contributed by atoms with Gasteiger partial charge in [-0.05, 0) is 37.5 Å². The molecule has 17 nitrogen and oxygen atoms in total. The molecule has 2 unspecified atom stereocenters. The number of aliphatic hydroxyl groups is 1. The van der Waals surface area contributed by atoms with Crippen LogP contribution in [0.4, 0.5) is 0 Å². The molecule has 0 radical (unpaired) electrons. The summed E-state index contributed by atoms with van der Waals surface area (Å²) in [5, 5.41) is 10.6. The molecule has 19 heteroatoms. The van der Waals surface area contributed by atoms with Crippen molar-refractivity contribution >= 4 is 39.5 Å². The number of carbonyl (C=O) groups is 4. The molecule has 3 N–H and O–H groups in total. The normalized spacial score (nSPS) is 14.0. The van der Waals surface area contributed by atoms with Crippen LogP contribution in [-0.4, -0.2) is 96.7 Å². The van der Waals surface area contributed by atoms with E-state index in [4.69, 9.17) is 37.0 Å². The lowest BCUT2D eigenvalue weighted by molar-refractivity contribution is -0.161. The van der Waals surface area contributed by atoms with Crippen LogP contribution in [0.15, 0.2) is 0 Å². The van der Waals surface area contributed by atoms with Crippen molar-refractivity contribution in [2.45, 2.75) is 419 Å². The summed E-state index contributed by atoms with van der Waals surface area (Å²) in [4.78, 5) is 72.8. The van der Waals surface area contributed by atoms with E-state index in [1.807, 2.05) is 0 Å². The van der Waals surface area contributed by atoms with Crippen molar-refractivity contribution in [3.05, 3.63) is 0 Å². The van der Waals surface area contributed by atoms with Gasteiger partial charge in [-0.1, -0.05) is 350 Å². The molecule has 0 saturated carbocycles. The molecule has 570 valence electrons. The molecular weight excluding hydrogens is 1260 g/mol. The van der Waals surface area contributed by atoms with Crippen LogP contribution in [0, 0.1) is 11.8 Å². The highest BCUT2D eigenvalue weighted by Gasteiger charge is 2.30. The summed E-state index contributed by atoms with van der Waals surface area (Å²) in [6.07, 6.45) is 57.0. The maximum atomic E-state index is 13.1. The SMILES string of the molecule is CCCCCCCCCCCCCCCCCCCCC(=O)O[C@H](COC(=O)CCCCCCCCCCCCCCCCC(C)C)COP(=O)(O)OC[C@@H](O)COP(=O)(O)OC[C@@H](COC(=O)CCCCCCCCC(C)C)OC(=O)CCCCCCCCCCCCCC. The third kappa shape index (κ3) is 70.5. The summed E-state index contributed by atoms with van der Waals surface area (Å²) in [5.41, 5.74) is 0. The lowest BCUT2D eigenvalue weighted by Gasteiger charge is -2.21. The molecule has 0 aromatic rings. The van der Waals surface area contributed by atoms with Crippen LogP contribution in [0.3, 0.4) is 0 Å². The quantitative estimate of drug-likeness (QED) is 0.0222. The van der Waals surface area contributed by atoms with Crippen LogP contribution in [-0.2, 0) is 65.4 Å². The summed E-state index contributed by atoms with van der Waals surface area (Å²) >= 11 is 0. The Morgan fingerprint density at radius 3 is 0.708 bits per heavy atom. The minimum atomic E-state index is -4.96. The van der Waals surface area contributed by atoms with Crippen molar-refractivity contribution in [1.82, 2.24) is 0 Å². The molecule has 96 heavy (non-hydrogen) atoms. The zero-order valence-corrected chi connectivity index (χ0v) is 64.5. The fourth-order valence-corrected chi connectivity index (χ4v) is 13.4. The molecule has 0 aromatic heterocycles. The Balaban J connectivity index is 5.22. The molecule has 0 aliphatic heterocycles. The minimum absolute atomic E-state index is 0.106. The monoisotopic (exact) mass is 1410 g/mol. The van der Waals surface area contributed by atoms with Gasteiger partial charge in [-0.25, -0.2) is 9.13 Å².